The molecule has 0 amide bonds. The smallest absolute Gasteiger partial charge is 0.338 e. The SMILES string of the molecule is Nc1cc(C(=O)OCCOc2ccc(Cl)cc2Cl)ccc1Cl. The molecule has 0 bridgehead atoms. The zero-order valence-corrected chi connectivity index (χ0v) is 13.6. The third kappa shape index (κ3) is 4.44. The predicted molar refractivity (Wildman–Crippen MR) is 88.1 cm³/mol. The van der Waals surface area contributed by atoms with Gasteiger partial charge >= 0.3 is 5.97 Å². The highest BCUT2D eigenvalue weighted by atomic mass is 35.5. The van der Waals surface area contributed by atoms with Crippen molar-refractivity contribution < 1.29 is 14.3 Å². The number of carbonyl (C=O) groups excluding carboxylic acids is 1. The molecule has 0 saturated carbocycles. The van der Waals surface area contributed by atoms with Crippen LogP contribution in [-0.2, 0) is 4.74 Å². The lowest BCUT2D eigenvalue weighted by molar-refractivity contribution is 0.0450. The number of anilines is 1. The van der Waals surface area contributed by atoms with Crippen LogP contribution in [0, 0.1) is 0 Å². The van der Waals surface area contributed by atoms with Gasteiger partial charge in [-0.25, -0.2) is 4.79 Å². The summed E-state index contributed by atoms with van der Waals surface area (Å²) in [7, 11) is 0. The Balaban J connectivity index is 1.83. The number of hydrogen-bond donors (Lipinski definition) is 1. The summed E-state index contributed by atoms with van der Waals surface area (Å²) in [5.74, 6) is -0.0352. The summed E-state index contributed by atoms with van der Waals surface area (Å²) in [4.78, 5) is 11.8. The molecule has 0 aliphatic heterocycles. The first-order valence-electron chi connectivity index (χ1n) is 6.27. The van der Waals surface area contributed by atoms with Gasteiger partial charge in [0, 0.05) is 5.02 Å². The lowest BCUT2D eigenvalue weighted by Gasteiger charge is -2.09. The van der Waals surface area contributed by atoms with Crippen LogP contribution in [0.4, 0.5) is 5.69 Å². The minimum atomic E-state index is -0.505. The standard InChI is InChI=1S/C15H12Cl3NO3/c16-10-2-4-14(12(18)8-10)21-5-6-22-15(20)9-1-3-11(17)13(19)7-9/h1-4,7-8H,5-6,19H2. The third-order valence-corrected chi connectivity index (χ3v) is 3.57. The van der Waals surface area contributed by atoms with Crippen molar-refractivity contribution in [1.29, 1.82) is 0 Å². The van der Waals surface area contributed by atoms with Crippen molar-refractivity contribution in [2.45, 2.75) is 0 Å². The number of ether oxygens (including phenoxy) is 2. The van der Waals surface area contributed by atoms with E-state index in [0.717, 1.165) is 0 Å². The van der Waals surface area contributed by atoms with E-state index in [1.165, 1.54) is 18.2 Å². The summed E-state index contributed by atoms with van der Waals surface area (Å²) in [6.07, 6.45) is 0. The van der Waals surface area contributed by atoms with Crippen molar-refractivity contribution in [3.63, 3.8) is 0 Å². The van der Waals surface area contributed by atoms with E-state index in [9.17, 15) is 4.79 Å². The number of carbonyl (C=O) groups is 1. The molecule has 2 aromatic carbocycles. The monoisotopic (exact) mass is 359 g/mol. The molecule has 2 aromatic rings. The van der Waals surface area contributed by atoms with E-state index >= 15 is 0 Å². The van der Waals surface area contributed by atoms with Crippen LogP contribution in [0.1, 0.15) is 10.4 Å². The Kier molecular flexibility index (Phi) is 5.77. The van der Waals surface area contributed by atoms with Gasteiger partial charge in [-0.1, -0.05) is 34.8 Å². The van der Waals surface area contributed by atoms with E-state index in [4.69, 9.17) is 50.0 Å². The van der Waals surface area contributed by atoms with Gasteiger partial charge in [-0.3, -0.25) is 0 Å². The van der Waals surface area contributed by atoms with Gasteiger partial charge in [0.15, 0.2) is 0 Å². The number of halogens is 3. The van der Waals surface area contributed by atoms with Crippen LogP contribution in [0.25, 0.3) is 0 Å². The predicted octanol–water partition coefficient (Wildman–Crippen LogP) is 4.46. The Morgan fingerprint density at radius 3 is 2.45 bits per heavy atom. The summed E-state index contributed by atoms with van der Waals surface area (Å²) in [6.45, 7) is 0.233. The number of nitrogens with two attached hydrogens (primary N) is 1. The second-order valence-corrected chi connectivity index (χ2v) is 5.55. The molecule has 0 aliphatic carbocycles. The quantitative estimate of drug-likeness (QED) is 0.485. The van der Waals surface area contributed by atoms with Crippen LogP contribution in [-0.4, -0.2) is 19.2 Å². The lowest BCUT2D eigenvalue weighted by atomic mass is 10.2. The Morgan fingerprint density at radius 1 is 1.00 bits per heavy atom. The lowest BCUT2D eigenvalue weighted by Crippen LogP contribution is -2.12. The molecule has 116 valence electrons. The Hall–Kier alpha value is -1.62. The largest absolute Gasteiger partial charge is 0.488 e. The fourth-order valence-corrected chi connectivity index (χ4v) is 2.21. The van der Waals surface area contributed by atoms with Crippen LogP contribution in [0.2, 0.25) is 15.1 Å². The molecule has 7 heteroatoms. The second kappa shape index (κ2) is 7.58. The minimum Gasteiger partial charge on any atom is -0.488 e. The summed E-state index contributed by atoms with van der Waals surface area (Å²) >= 11 is 17.5. The molecule has 0 heterocycles. The maximum absolute atomic E-state index is 11.8. The van der Waals surface area contributed by atoms with Gasteiger partial charge in [-0.15, -0.1) is 0 Å². The third-order valence-electron chi connectivity index (χ3n) is 2.70. The van der Waals surface area contributed by atoms with Crippen LogP contribution in [0.5, 0.6) is 5.75 Å². The fourth-order valence-electron chi connectivity index (χ4n) is 1.63. The highest BCUT2D eigenvalue weighted by Gasteiger charge is 2.09. The highest BCUT2D eigenvalue weighted by Crippen LogP contribution is 2.27. The topological polar surface area (TPSA) is 61.6 Å². The molecular formula is C15H12Cl3NO3. The van der Waals surface area contributed by atoms with Crippen molar-refractivity contribution >= 4 is 46.5 Å². The molecule has 0 aliphatic rings. The van der Waals surface area contributed by atoms with E-state index in [-0.39, 0.29) is 13.2 Å². The Bertz CT molecular complexity index is 692. The van der Waals surface area contributed by atoms with Gasteiger partial charge in [0.05, 0.1) is 21.3 Å². The van der Waals surface area contributed by atoms with Gasteiger partial charge in [0.1, 0.15) is 19.0 Å². The molecule has 0 fully saturated rings. The van der Waals surface area contributed by atoms with Crippen LogP contribution in [0.3, 0.4) is 0 Å². The second-order valence-electron chi connectivity index (χ2n) is 4.30. The molecule has 2 rings (SSSR count). The Morgan fingerprint density at radius 2 is 1.77 bits per heavy atom. The van der Waals surface area contributed by atoms with Crippen molar-refractivity contribution in [3.05, 3.63) is 57.0 Å². The van der Waals surface area contributed by atoms with E-state index in [1.807, 2.05) is 0 Å². The van der Waals surface area contributed by atoms with Gasteiger partial charge in [-0.2, -0.15) is 0 Å². The Labute approximate surface area is 142 Å². The molecule has 0 unspecified atom stereocenters. The number of benzene rings is 2. The summed E-state index contributed by atoms with van der Waals surface area (Å²) in [5.41, 5.74) is 6.27. The van der Waals surface area contributed by atoms with Gasteiger partial charge < -0.3 is 15.2 Å². The number of rotatable bonds is 5. The average Bonchev–Trinajstić information content (AvgIpc) is 2.48. The first-order chi connectivity index (χ1) is 10.5. The number of esters is 1. The summed E-state index contributed by atoms with van der Waals surface area (Å²) in [6, 6.07) is 9.41. The van der Waals surface area contributed by atoms with Crippen molar-refractivity contribution in [1.82, 2.24) is 0 Å². The average molecular weight is 361 g/mol. The van der Waals surface area contributed by atoms with E-state index < -0.39 is 5.97 Å². The molecule has 2 N–H and O–H groups in total. The van der Waals surface area contributed by atoms with Gasteiger partial charge in [-0.05, 0) is 36.4 Å². The van der Waals surface area contributed by atoms with Crippen molar-refractivity contribution in [2.75, 3.05) is 18.9 Å². The van der Waals surface area contributed by atoms with Crippen LogP contribution < -0.4 is 10.5 Å². The molecule has 0 saturated heterocycles. The molecule has 22 heavy (non-hydrogen) atoms. The van der Waals surface area contributed by atoms with E-state index in [2.05, 4.69) is 0 Å². The molecule has 0 radical (unpaired) electrons. The van der Waals surface area contributed by atoms with Crippen LogP contribution in [0.15, 0.2) is 36.4 Å². The minimum absolute atomic E-state index is 0.0698. The first-order valence-corrected chi connectivity index (χ1v) is 7.41. The molecule has 0 spiro atoms. The number of nitrogen functional groups attached to an aromatic ring is 1. The van der Waals surface area contributed by atoms with E-state index in [0.29, 0.717) is 32.1 Å². The van der Waals surface area contributed by atoms with Gasteiger partial charge in [0.25, 0.3) is 0 Å². The number of hydrogen-bond acceptors (Lipinski definition) is 4. The summed E-state index contributed by atoms with van der Waals surface area (Å²) in [5, 5.41) is 1.30. The van der Waals surface area contributed by atoms with Crippen molar-refractivity contribution in [2.24, 2.45) is 0 Å². The van der Waals surface area contributed by atoms with Crippen LogP contribution >= 0.6 is 34.8 Å². The zero-order chi connectivity index (χ0) is 16.1. The van der Waals surface area contributed by atoms with Gasteiger partial charge in [0.2, 0.25) is 0 Å². The maximum Gasteiger partial charge on any atom is 0.338 e. The zero-order valence-electron chi connectivity index (χ0n) is 11.3. The van der Waals surface area contributed by atoms with E-state index in [1.54, 1.807) is 18.2 Å². The first kappa shape index (κ1) is 16.7. The normalized spacial score (nSPS) is 10.3. The summed E-state index contributed by atoms with van der Waals surface area (Å²) < 4.78 is 10.5. The van der Waals surface area contributed by atoms with Crippen molar-refractivity contribution in [3.8, 4) is 5.75 Å². The fraction of sp³-hybridized carbons (Fsp3) is 0.133. The molecule has 4 nitrogen and oxygen atoms in total. The molecule has 0 aromatic heterocycles. The maximum atomic E-state index is 11.8. The molecular weight excluding hydrogens is 349 g/mol. The highest BCUT2D eigenvalue weighted by molar-refractivity contribution is 6.35. The molecule has 0 atom stereocenters.